The monoisotopic (exact) mass is 355 g/mol. The van der Waals surface area contributed by atoms with Crippen LogP contribution >= 0.6 is 15.9 Å². The summed E-state index contributed by atoms with van der Waals surface area (Å²) in [7, 11) is -3.57. The van der Waals surface area contributed by atoms with Gasteiger partial charge in [-0.3, -0.25) is 9.97 Å². The van der Waals surface area contributed by atoms with Crippen LogP contribution in [0.15, 0.2) is 40.0 Å². The molecule has 1 heterocycles. The maximum absolute atomic E-state index is 12.3. The third kappa shape index (κ3) is 3.62. The zero-order chi connectivity index (χ0) is 14.8. The lowest BCUT2D eigenvalue weighted by Crippen LogP contribution is -2.24. The van der Waals surface area contributed by atoms with E-state index >= 15 is 0 Å². The minimum absolute atomic E-state index is 0.113. The summed E-state index contributed by atoms with van der Waals surface area (Å²) >= 11 is 3.28. The molecule has 0 spiro atoms. The molecule has 2 aromatic rings. The fraction of sp³-hybridized carbons (Fsp3) is 0.231. The molecule has 0 fully saturated rings. The van der Waals surface area contributed by atoms with E-state index in [0.29, 0.717) is 11.3 Å². The van der Waals surface area contributed by atoms with E-state index in [1.165, 1.54) is 0 Å². The highest BCUT2D eigenvalue weighted by Gasteiger charge is 2.17. The maximum Gasteiger partial charge on any atom is 0.241 e. The molecule has 0 radical (unpaired) electrons. The third-order valence-electron chi connectivity index (χ3n) is 2.72. The van der Waals surface area contributed by atoms with Crippen LogP contribution in [0.4, 0.5) is 0 Å². The van der Waals surface area contributed by atoms with Gasteiger partial charge in [0, 0.05) is 10.7 Å². The van der Waals surface area contributed by atoms with Gasteiger partial charge in [0.1, 0.15) is 0 Å². The quantitative estimate of drug-likeness (QED) is 0.913. The van der Waals surface area contributed by atoms with Gasteiger partial charge in [0.15, 0.2) is 0 Å². The molecule has 0 aliphatic heterocycles. The molecular weight excluding hydrogens is 342 g/mol. The Morgan fingerprint density at radius 2 is 1.95 bits per heavy atom. The molecule has 1 aromatic carbocycles. The van der Waals surface area contributed by atoms with Crippen molar-refractivity contribution in [1.29, 1.82) is 0 Å². The lowest BCUT2D eigenvalue weighted by molar-refractivity contribution is 0.579. The van der Waals surface area contributed by atoms with E-state index in [0.717, 1.165) is 10.2 Å². The smallest absolute Gasteiger partial charge is 0.241 e. The van der Waals surface area contributed by atoms with Crippen LogP contribution in [-0.2, 0) is 16.6 Å². The van der Waals surface area contributed by atoms with Gasteiger partial charge in [0.05, 0.1) is 29.0 Å². The number of hydrogen-bond donors (Lipinski definition) is 1. The SMILES string of the molecule is Cc1cnc(CNS(=O)(=O)c2cc(Br)ccc2C)cn1. The van der Waals surface area contributed by atoms with Gasteiger partial charge < -0.3 is 0 Å². The van der Waals surface area contributed by atoms with E-state index in [1.807, 2.05) is 6.92 Å². The van der Waals surface area contributed by atoms with E-state index in [1.54, 1.807) is 37.5 Å². The molecule has 0 aliphatic carbocycles. The number of hydrogen-bond acceptors (Lipinski definition) is 4. The summed E-state index contributed by atoms with van der Waals surface area (Å²) in [6, 6.07) is 5.14. The number of aromatic nitrogens is 2. The van der Waals surface area contributed by atoms with E-state index in [4.69, 9.17) is 0 Å². The van der Waals surface area contributed by atoms with Crippen LogP contribution in [0.2, 0.25) is 0 Å². The van der Waals surface area contributed by atoms with Crippen LogP contribution < -0.4 is 4.72 Å². The van der Waals surface area contributed by atoms with Gasteiger partial charge in [-0.25, -0.2) is 13.1 Å². The highest BCUT2D eigenvalue weighted by molar-refractivity contribution is 9.10. The van der Waals surface area contributed by atoms with Crippen LogP contribution in [0.1, 0.15) is 17.0 Å². The molecule has 0 saturated heterocycles. The van der Waals surface area contributed by atoms with Crippen molar-refractivity contribution in [2.75, 3.05) is 0 Å². The van der Waals surface area contributed by atoms with Crippen LogP contribution in [0.5, 0.6) is 0 Å². The fourth-order valence-corrected chi connectivity index (χ4v) is 3.40. The summed E-state index contributed by atoms with van der Waals surface area (Å²) in [6.45, 7) is 3.69. The molecule has 0 unspecified atom stereocenters. The second kappa shape index (κ2) is 5.99. The summed E-state index contributed by atoms with van der Waals surface area (Å²) in [6.07, 6.45) is 3.17. The second-order valence-electron chi connectivity index (χ2n) is 4.38. The summed E-state index contributed by atoms with van der Waals surface area (Å²) in [5, 5.41) is 0. The molecule has 1 N–H and O–H groups in total. The molecular formula is C13H14BrN3O2S. The zero-order valence-electron chi connectivity index (χ0n) is 11.1. The Kier molecular flexibility index (Phi) is 4.52. The van der Waals surface area contributed by atoms with Crippen LogP contribution in [0, 0.1) is 13.8 Å². The Hall–Kier alpha value is -1.31. The first kappa shape index (κ1) is 15.1. The lowest BCUT2D eigenvalue weighted by Gasteiger charge is -2.09. The summed E-state index contributed by atoms with van der Waals surface area (Å²) in [5.74, 6) is 0. The highest BCUT2D eigenvalue weighted by atomic mass is 79.9. The van der Waals surface area contributed by atoms with Crippen molar-refractivity contribution in [2.24, 2.45) is 0 Å². The number of rotatable bonds is 4. The molecule has 5 nitrogen and oxygen atoms in total. The van der Waals surface area contributed by atoms with Crippen molar-refractivity contribution in [3.8, 4) is 0 Å². The van der Waals surface area contributed by atoms with Gasteiger partial charge in [0.2, 0.25) is 10.0 Å². The Morgan fingerprint density at radius 3 is 2.60 bits per heavy atom. The predicted molar refractivity (Wildman–Crippen MR) is 79.7 cm³/mol. The van der Waals surface area contributed by atoms with Crippen LogP contribution in [0.25, 0.3) is 0 Å². The van der Waals surface area contributed by atoms with E-state index in [2.05, 4.69) is 30.6 Å². The number of sulfonamides is 1. The van der Waals surface area contributed by atoms with Gasteiger partial charge in [-0.1, -0.05) is 22.0 Å². The highest BCUT2D eigenvalue weighted by Crippen LogP contribution is 2.20. The van der Waals surface area contributed by atoms with Gasteiger partial charge in [-0.05, 0) is 31.5 Å². The van der Waals surface area contributed by atoms with E-state index in [9.17, 15) is 8.42 Å². The zero-order valence-corrected chi connectivity index (χ0v) is 13.5. The van der Waals surface area contributed by atoms with Crippen molar-refractivity contribution in [1.82, 2.24) is 14.7 Å². The summed E-state index contributed by atoms with van der Waals surface area (Å²) in [4.78, 5) is 8.45. The normalized spacial score (nSPS) is 11.6. The fourth-order valence-electron chi connectivity index (χ4n) is 1.62. The molecule has 106 valence electrons. The second-order valence-corrected chi connectivity index (χ2v) is 7.03. The number of halogens is 1. The molecule has 0 bridgehead atoms. The van der Waals surface area contributed by atoms with Crippen LogP contribution in [-0.4, -0.2) is 18.4 Å². The number of aryl methyl sites for hydroxylation is 2. The maximum atomic E-state index is 12.3. The summed E-state index contributed by atoms with van der Waals surface area (Å²) < 4.78 is 27.8. The summed E-state index contributed by atoms with van der Waals surface area (Å²) in [5.41, 5.74) is 2.06. The lowest BCUT2D eigenvalue weighted by atomic mass is 10.2. The van der Waals surface area contributed by atoms with Crippen molar-refractivity contribution < 1.29 is 8.42 Å². The molecule has 1 aromatic heterocycles. The molecule has 2 rings (SSSR count). The first-order valence-corrected chi connectivity index (χ1v) is 8.19. The first-order valence-electron chi connectivity index (χ1n) is 5.92. The van der Waals surface area contributed by atoms with Gasteiger partial charge in [-0.15, -0.1) is 0 Å². The van der Waals surface area contributed by atoms with Gasteiger partial charge in [-0.2, -0.15) is 0 Å². The molecule has 20 heavy (non-hydrogen) atoms. The Bertz CT molecular complexity index is 715. The molecule has 0 aliphatic rings. The first-order chi connectivity index (χ1) is 9.38. The molecule has 0 amide bonds. The van der Waals surface area contributed by atoms with Gasteiger partial charge >= 0.3 is 0 Å². The molecule has 0 saturated carbocycles. The van der Waals surface area contributed by atoms with Crippen molar-refractivity contribution >= 4 is 26.0 Å². The topological polar surface area (TPSA) is 72.0 Å². The van der Waals surface area contributed by atoms with Crippen molar-refractivity contribution in [2.45, 2.75) is 25.3 Å². The third-order valence-corrected chi connectivity index (χ3v) is 4.75. The van der Waals surface area contributed by atoms with Crippen molar-refractivity contribution in [3.05, 3.63) is 52.0 Å². The van der Waals surface area contributed by atoms with Crippen molar-refractivity contribution in [3.63, 3.8) is 0 Å². The van der Waals surface area contributed by atoms with Gasteiger partial charge in [0.25, 0.3) is 0 Å². The number of nitrogens with one attached hydrogen (secondary N) is 1. The Balaban J connectivity index is 2.19. The minimum Gasteiger partial charge on any atom is -0.258 e. The molecule has 7 heteroatoms. The number of benzene rings is 1. The standard InChI is InChI=1S/C13H14BrN3O2S/c1-9-3-4-11(14)5-13(9)20(18,19)17-8-12-7-15-10(2)6-16-12/h3-7,17H,8H2,1-2H3. The predicted octanol–water partition coefficient (Wildman–Crippen LogP) is 2.33. The number of nitrogens with zero attached hydrogens (tertiary/aromatic N) is 2. The minimum atomic E-state index is -3.57. The molecule has 0 atom stereocenters. The largest absolute Gasteiger partial charge is 0.258 e. The van der Waals surface area contributed by atoms with E-state index < -0.39 is 10.0 Å². The Labute approximate surface area is 126 Å². The Morgan fingerprint density at radius 1 is 1.20 bits per heavy atom. The van der Waals surface area contributed by atoms with E-state index in [-0.39, 0.29) is 11.4 Å². The average Bonchev–Trinajstić information content (AvgIpc) is 2.41. The van der Waals surface area contributed by atoms with Crippen LogP contribution in [0.3, 0.4) is 0 Å². The average molecular weight is 356 g/mol.